The van der Waals surface area contributed by atoms with Gasteiger partial charge >= 0.3 is 0 Å². The van der Waals surface area contributed by atoms with Crippen molar-refractivity contribution in [3.63, 3.8) is 0 Å². The topological polar surface area (TPSA) is 49.8 Å². The molecule has 5 heteroatoms. The van der Waals surface area contributed by atoms with Crippen LogP contribution in [0.25, 0.3) is 0 Å². The van der Waals surface area contributed by atoms with E-state index in [1.165, 1.54) is 24.4 Å². The highest BCUT2D eigenvalue weighted by molar-refractivity contribution is 7.09. The normalized spacial score (nSPS) is 23.0. The molecule has 1 aliphatic rings. The Balaban J connectivity index is 1.89. The Morgan fingerprint density at radius 1 is 1.62 bits per heavy atom. The monoisotopic (exact) mass is 198 g/mol. The van der Waals surface area contributed by atoms with Gasteiger partial charge in [0.25, 0.3) is 0 Å². The number of rotatable bonds is 2. The number of hydrogen-bond acceptors (Lipinski definition) is 5. The second kappa shape index (κ2) is 4.02. The molecule has 1 aromatic heterocycles. The van der Waals surface area contributed by atoms with Crippen LogP contribution in [0.1, 0.15) is 18.7 Å². The van der Waals surface area contributed by atoms with Crippen molar-refractivity contribution in [1.82, 2.24) is 14.7 Å². The van der Waals surface area contributed by atoms with E-state index >= 15 is 0 Å². The number of nitrogens with zero attached hydrogens (tertiary/aromatic N) is 2. The van der Waals surface area contributed by atoms with Crippen molar-refractivity contribution in [2.24, 2.45) is 0 Å². The summed E-state index contributed by atoms with van der Waals surface area (Å²) in [6.45, 7) is 4.10. The molecule has 0 spiro atoms. The summed E-state index contributed by atoms with van der Waals surface area (Å²) in [6.07, 6.45) is 2.47. The number of nitrogens with one attached hydrogen (secondary N) is 2. The maximum absolute atomic E-state index is 4.27. The molecule has 13 heavy (non-hydrogen) atoms. The Morgan fingerprint density at radius 2 is 2.54 bits per heavy atom. The molecular formula is C8H14N4S. The van der Waals surface area contributed by atoms with E-state index in [1.54, 1.807) is 0 Å². The van der Waals surface area contributed by atoms with E-state index in [-0.39, 0.29) is 0 Å². The van der Waals surface area contributed by atoms with Crippen LogP contribution in [0.15, 0.2) is 0 Å². The molecule has 1 saturated heterocycles. The predicted octanol–water partition coefficient (Wildman–Crippen LogP) is 1.01. The maximum atomic E-state index is 4.27. The number of aryl methyl sites for hydroxylation is 1. The molecule has 72 valence electrons. The van der Waals surface area contributed by atoms with Crippen molar-refractivity contribution < 1.29 is 0 Å². The summed E-state index contributed by atoms with van der Waals surface area (Å²) in [5.41, 5.74) is 0. The molecule has 0 amide bonds. The molecule has 1 aromatic rings. The van der Waals surface area contributed by atoms with E-state index in [1.807, 2.05) is 6.92 Å². The average molecular weight is 198 g/mol. The molecule has 1 fully saturated rings. The van der Waals surface area contributed by atoms with Gasteiger partial charge in [0.1, 0.15) is 5.82 Å². The van der Waals surface area contributed by atoms with Crippen molar-refractivity contribution >= 4 is 16.7 Å². The SMILES string of the molecule is Cc1nsc(N[C@@H]2CCCNC2)n1. The fourth-order valence-corrected chi connectivity index (χ4v) is 2.16. The zero-order valence-corrected chi connectivity index (χ0v) is 8.52. The lowest BCUT2D eigenvalue weighted by atomic mass is 10.1. The van der Waals surface area contributed by atoms with E-state index in [9.17, 15) is 0 Å². The van der Waals surface area contributed by atoms with Gasteiger partial charge in [-0.2, -0.15) is 4.37 Å². The van der Waals surface area contributed by atoms with E-state index in [0.717, 1.165) is 24.0 Å². The molecule has 0 aromatic carbocycles. The second-order valence-electron chi connectivity index (χ2n) is 3.33. The van der Waals surface area contributed by atoms with Crippen LogP contribution in [0.4, 0.5) is 5.13 Å². The summed E-state index contributed by atoms with van der Waals surface area (Å²) in [6, 6.07) is 0.529. The molecule has 4 nitrogen and oxygen atoms in total. The Labute approximate surface area is 81.9 Å². The fraction of sp³-hybridized carbons (Fsp3) is 0.750. The first-order chi connectivity index (χ1) is 6.34. The highest BCUT2D eigenvalue weighted by Crippen LogP contribution is 2.14. The van der Waals surface area contributed by atoms with Gasteiger partial charge in [0.15, 0.2) is 0 Å². The first-order valence-corrected chi connectivity index (χ1v) is 5.39. The maximum Gasteiger partial charge on any atom is 0.202 e. The van der Waals surface area contributed by atoms with Crippen LogP contribution in [-0.2, 0) is 0 Å². The third-order valence-corrected chi connectivity index (χ3v) is 2.89. The van der Waals surface area contributed by atoms with Gasteiger partial charge in [0.2, 0.25) is 5.13 Å². The van der Waals surface area contributed by atoms with Gasteiger partial charge in [-0.3, -0.25) is 0 Å². The standard InChI is InChI=1S/C8H14N4S/c1-6-10-8(13-12-6)11-7-3-2-4-9-5-7/h7,9H,2-5H2,1H3,(H,10,11,12)/t7-/m1/s1. The summed E-state index contributed by atoms with van der Waals surface area (Å²) in [5.74, 6) is 0.858. The summed E-state index contributed by atoms with van der Waals surface area (Å²) in [4.78, 5) is 4.27. The van der Waals surface area contributed by atoms with Crippen LogP contribution in [0.2, 0.25) is 0 Å². The summed E-state index contributed by atoms with van der Waals surface area (Å²) < 4.78 is 4.13. The zero-order valence-electron chi connectivity index (χ0n) is 7.71. The van der Waals surface area contributed by atoms with E-state index in [0.29, 0.717) is 6.04 Å². The number of hydrogen-bond donors (Lipinski definition) is 2. The Kier molecular flexibility index (Phi) is 2.75. The van der Waals surface area contributed by atoms with Gasteiger partial charge in [0.05, 0.1) is 0 Å². The molecule has 1 aliphatic heterocycles. The molecule has 2 N–H and O–H groups in total. The lowest BCUT2D eigenvalue weighted by Gasteiger charge is -2.23. The van der Waals surface area contributed by atoms with Crippen LogP contribution in [-0.4, -0.2) is 28.5 Å². The molecule has 1 atom stereocenters. The molecule has 0 radical (unpaired) electrons. The van der Waals surface area contributed by atoms with E-state index < -0.39 is 0 Å². The molecular weight excluding hydrogens is 184 g/mol. The van der Waals surface area contributed by atoms with Crippen molar-refractivity contribution in [2.45, 2.75) is 25.8 Å². The molecule has 2 heterocycles. The lowest BCUT2D eigenvalue weighted by Crippen LogP contribution is -2.38. The minimum Gasteiger partial charge on any atom is -0.356 e. The first kappa shape index (κ1) is 8.90. The number of aromatic nitrogens is 2. The molecule has 0 aliphatic carbocycles. The first-order valence-electron chi connectivity index (χ1n) is 4.62. The molecule has 0 unspecified atom stereocenters. The summed E-state index contributed by atoms with van der Waals surface area (Å²) in [5, 5.41) is 7.69. The van der Waals surface area contributed by atoms with Crippen LogP contribution >= 0.6 is 11.5 Å². The van der Waals surface area contributed by atoms with Gasteiger partial charge in [-0.05, 0) is 26.3 Å². The minimum absolute atomic E-state index is 0.529. The van der Waals surface area contributed by atoms with Crippen LogP contribution < -0.4 is 10.6 Å². The zero-order chi connectivity index (χ0) is 9.10. The van der Waals surface area contributed by atoms with Crippen LogP contribution in [0.5, 0.6) is 0 Å². The van der Waals surface area contributed by atoms with Gasteiger partial charge < -0.3 is 10.6 Å². The average Bonchev–Trinajstić information content (AvgIpc) is 2.53. The predicted molar refractivity (Wildman–Crippen MR) is 54.2 cm³/mol. The van der Waals surface area contributed by atoms with Crippen molar-refractivity contribution in [3.8, 4) is 0 Å². The Hall–Kier alpha value is -0.680. The minimum atomic E-state index is 0.529. The van der Waals surface area contributed by atoms with Crippen molar-refractivity contribution in [1.29, 1.82) is 0 Å². The van der Waals surface area contributed by atoms with Crippen molar-refractivity contribution in [2.75, 3.05) is 18.4 Å². The molecule has 0 saturated carbocycles. The van der Waals surface area contributed by atoms with Gasteiger partial charge in [-0.1, -0.05) is 0 Å². The largest absolute Gasteiger partial charge is 0.356 e. The van der Waals surface area contributed by atoms with Crippen LogP contribution in [0, 0.1) is 6.92 Å². The van der Waals surface area contributed by atoms with Gasteiger partial charge in [-0.15, -0.1) is 0 Å². The fourth-order valence-electron chi connectivity index (χ4n) is 1.51. The Bertz CT molecular complexity index is 267. The van der Waals surface area contributed by atoms with Gasteiger partial charge in [-0.25, -0.2) is 4.98 Å². The smallest absolute Gasteiger partial charge is 0.202 e. The lowest BCUT2D eigenvalue weighted by molar-refractivity contribution is 0.479. The highest BCUT2D eigenvalue weighted by atomic mass is 32.1. The van der Waals surface area contributed by atoms with Gasteiger partial charge in [0, 0.05) is 24.1 Å². The highest BCUT2D eigenvalue weighted by Gasteiger charge is 2.13. The molecule has 0 bridgehead atoms. The third-order valence-electron chi connectivity index (χ3n) is 2.15. The third kappa shape index (κ3) is 2.38. The number of anilines is 1. The van der Waals surface area contributed by atoms with E-state index in [2.05, 4.69) is 20.0 Å². The van der Waals surface area contributed by atoms with Crippen molar-refractivity contribution in [3.05, 3.63) is 5.82 Å². The van der Waals surface area contributed by atoms with E-state index in [4.69, 9.17) is 0 Å². The summed E-state index contributed by atoms with van der Waals surface area (Å²) >= 11 is 1.44. The molecule has 2 rings (SSSR count). The number of piperidine rings is 1. The summed E-state index contributed by atoms with van der Waals surface area (Å²) in [7, 11) is 0. The van der Waals surface area contributed by atoms with Crippen LogP contribution in [0.3, 0.4) is 0 Å². The second-order valence-corrected chi connectivity index (χ2v) is 4.09. The quantitative estimate of drug-likeness (QED) is 0.744. The Morgan fingerprint density at radius 3 is 3.15 bits per heavy atom.